The van der Waals surface area contributed by atoms with Crippen molar-refractivity contribution in [1.82, 2.24) is 15.1 Å². The third kappa shape index (κ3) is 2.26. The lowest BCUT2D eigenvalue weighted by molar-refractivity contribution is 0.146. The lowest BCUT2D eigenvalue weighted by Gasteiger charge is -2.08. The second-order valence-corrected chi connectivity index (χ2v) is 4.61. The van der Waals surface area contributed by atoms with E-state index in [-0.39, 0.29) is 5.89 Å². The van der Waals surface area contributed by atoms with Crippen molar-refractivity contribution in [3.05, 3.63) is 42.3 Å². The van der Waals surface area contributed by atoms with Crippen molar-refractivity contribution in [1.29, 1.82) is 0 Å². The van der Waals surface area contributed by atoms with Crippen LogP contribution in [0.25, 0.3) is 22.4 Å². The van der Waals surface area contributed by atoms with E-state index >= 15 is 0 Å². The average Bonchev–Trinajstić information content (AvgIpc) is 2.95. The second-order valence-electron chi connectivity index (χ2n) is 4.61. The molecule has 6 heteroatoms. The van der Waals surface area contributed by atoms with Crippen LogP contribution >= 0.6 is 0 Å². The molecule has 0 saturated carbocycles. The van der Waals surface area contributed by atoms with Crippen LogP contribution in [0.1, 0.15) is 18.9 Å². The number of hydrogen-bond donors (Lipinski definition) is 2. The first-order valence-corrected chi connectivity index (χ1v) is 6.28. The molecule has 2 atom stereocenters. The van der Waals surface area contributed by atoms with Crippen LogP contribution in [-0.2, 0) is 0 Å². The quantitative estimate of drug-likeness (QED) is 0.751. The second kappa shape index (κ2) is 4.99. The number of fused-ring (bicyclic) bond motifs is 1. The van der Waals surface area contributed by atoms with E-state index in [2.05, 4.69) is 15.1 Å². The monoisotopic (exact) mass is 270 g/mol. The van der Waals surface area contributed by atoms with Crippen LogP contribution in [0.15, 0.2) is 40.9 Å². The molecule has 0 bridgehead atoms. The van der Waals surface area contributed by atoms with Crippen LogP contribution in [-0.4, -0.2) is 26.3 Å². The molecule has 102 valence electrons. The number of hydrogen-bond acceptors (Lipinski definition) is 6. The lowest BCUT2D eigenvalue weighted by atomic mass is 10.2. The minimum atomic E-state index is -0.757. The Kier molecular flexibility index (Phi) is 3.17. The highest BCUT2D eigenvalue weighted by Gasteiger charge is 2.20. The molecule has 0 aliphatic carbocycles. The molecule has 0 fully saturated rings. The van der Waals surface area contributed by atoms with Gasteiger partial charge in [0.15, 0.2) is 0 Å². The highest BCUT2D eigenvalue weighted by atomic mass is 16.5. The third-order valence-electron chi connectivity index (χ3n) is 3.07. The Hall–Kier alpha value is -2.31. The van der Waals surface area contributed by atoms with Crippen molar-refractivity contribution < 1.29 is 9.63 Å². The maximum atomic E-state index is 9.43. The highest BCUT2D eigenvalue weighted by molar-refractivity contribution is 5.80. The minimum absolute atomic E-state index is 0.199. The molecular weight excluding hydrogens is 256 g/mol. The molecule has 0 amide bonds. The van der Waals surface area contributed by atoms with Crippen LogP contribution in [0, 0.1) is 0 Å². The van der Waals surface area contributed by atoms with Gasteiger partial charge in [0, 0.05) is 5.39 Å². The maximum Gasteiger partial charge on any atom is 0.246 e. The molecule has 6 nitrogen and oxygen atoms in total. The molecule has 0 saturated heterocycles. The first kappa shape index (κ1) is 12.7. The van der Waals surface area contributed by atoms with E-state index in [0.717, 1.165) is 10.9 Å². The first-order chi connectivity index (χ1) is 9.65. The van der Waals surface area contributed by atoms with E-state index in [1.54, 1.807) is 6.92 Å². The molecule has 0 aliphatic rings. The Morgan fingerprint density at radius 2 is 1.95 bits per heavy atom. The van der Waals surface area contributed by atoms with Crippen molar-refractivity contribution in [3.63, 3.8) is 0 Å². The summed E-state index contributed by atoms with van der Waals surface area (Å²) in [5.74, 6) is 0.562. The fourth-order valence-electron chi connectivity index (χ4n) is 1.87. The van der Waals surface area contributed by atoms with Crippen LogP contribution < -0.4 is 5.73 Å². The van der Waals surface area contributed by atoms with Gasteiger partial charge in [0.05, 0.1) is 11.6 Å². The van der Waals surface area contributed by atoms with E-state index in [4.69, 9.17) is 10.3 Å². The predicted molar refractivity (Wildman–Crippen MR) is 73.6 cm³/mol. The van der Waals surface area contributed by atoms with E-state index in [1.165, 1.54) is 0 Å². The van der Waals surface area contributed by atoms with Gasteiger partial charge in [-0.3, -0.25) is 0 Å². The topological polar surface area (TPSA) is 98.1 Å². The Bertz CT molecular complexity index is 739. The molecule has 20 heavy (non-hydrogen) atoms. The van der Waals surface area contributed by atoms with Gasteiger partial charge >= 0.3 is 0 Å². The predicted octanol–water partition coefficient (Wildman–Crippen LogP) is 1.67. The molecule has 2 aromatic heterocycles. The number of nitrogens with two attached hydrogens (primary N) is 1. The first-order valence-electron chi connectivity index (χ1n) is 6.28. The van der Waals surface area contributed by atoms with Crippen LogP contribution in [0.2, 0.25) is 0 Å². The summed E-state index contributed by atoms with van der Waals surface area (Å²) < 4.78 is 5.07. The van der Waals surface area contributed by atoms with Gasteiger partial charge in [-0.1, -0.05) is 29.4 Å². The minimum Gasteiger partial charge on any atom is -0.391 e. The Morgan fingerprint density at radius 3 is 2.75 bits per heavy atom. The zero-order valence-corrected chi connectivity index (χ0v) is 10.9. The Balaban J connectivity index is 1.99. The summed E-state index contributed by atoms with van der Waals surface area (Å²) in [6.45, 7) is 1.57. The molecule has 3 aromatic rings. The number of nitrogens with zero attached hydrogens (tertiary/aromatic N) is 3. The molecule has 0 aliphatic heterocycles. The lowest BCUT2D eigenvalue weighted by Crippen LogP contribution is -2.23. The van der Waals surface area contributed by atoms with Gasteiger partial charge in [0.25, 0.3) is 0 Å². The van der Waals surface area contributed by atoms with E-state index in [9.17, 15) is 5.11 Å². The normalized spacial score (nSPS) is 14.3. The smallest absolute Gasteiger partial charge is 0.246 e. The number of pyridine rings is 1. The fourth-order valence-corrected chi connectivity index (χ4v) is 1.87. The Labute approximate surface area is 115 Å². The maximum absolute atomic E-state index is 9.43. The van der Waals surface area contributed by atoms with Crippen LogP contribution in [0.3, 0.4) is 0 Å². The molecule has 1 aromatic carbocycles. The van der Waals surface area contributed by atoms with Gasteiger partial charge < -0.3 is 15.4 Å². The van der Waals surface area contributed by atoms with Crippen LogP contribution in [0.5, 0.6) is 0 Å². The van der Waals surface area contributed by atoms with E-state index < -0.39 is 12.1 Å². The van der Waals surface area contributed by atoms with E-state index in [0.29, 0.717) is 11.5 Å². The van der Waals surface area contributed by atoms with Gasteiger partial charge in [0.2, 0.25) is 11.7 Å². The molecule has 0 radical (unpaired) electrons. The fraction of sp³-hybridized carbons (Fsp3) is 0.214. The highest BCUT2D eigenvalue weighted by Crippen LogP contribution is 2.20. The zero-order valence-electron chi connectivity index (χ0n) is 10.9. The number of aliphatic hydroxyl groups is 1. The van der Waals surface area contributed by atoms with Crippen molar-refractivity contribution >= 4 is 10.9 Å². The summed E-state index contributed by atoms with van der Waals surface area (Å²) in [5.41, 5.74) is 7.22. The Morgan fingerprint density at radius 1 is 1.15 bits per heavy atom. The van der Waals surface area contributed by atoms with Crippen molar-refractivity contribution in [2.75, 3.05) is 0 Å². The average molecular weight is 270 g/mol. The number of aliphatic hydroxyl groups excluding tert-OH is 1. The summed E-state index contributed by atoms with van der Waals surface area (Å²) in [4.78, 5) is 8.66. The largest absolute Gasteiger partial charge is 0.391 e. The zero-order chi connectivity index (χ0) is 14.1. The summed E-state index contributed by atoms with van der Waals surface area (Å²) >= 11 is 0. The van der Waals surface area contributed by atoms with E-state index in [1.807, 2.05) is 36.4 Å². The number of para-hydroxylation sites is 1. The standard InChI is InChI=1S/C14H14N4O2/c1-8(19)12(15)14-17-13(18-20-14)11-7-6-9-4-2-3-5-10(9)16-11/h2-8,12,19H,15H2,1H3/t8-,12+/m1/s1. The number of aromatic nitrogens is 3. The summed E-state index contributed by atoms with van der Waals surface area (Å²) in [6.07, 6.45) is -0.757. The summed E-state index contributed by atoms with van der Waals surface area (Å²) in [7, 11) is 0. The molecule has 3 N–H and O–H groups in total. The third-order valence-corrected chi connectivity index (χ3v) is 3.07. The summed E-state index contributed by atoms with van der Waals surface area (Å²) in [5, 5.41) is 14.3. The van der Waals surface area contributed by atoms with Crippen LogP contribution in [0.4, 0.5) is 0 Å². The summed E-state index contributed by atoms with van der Waals surface area (Å²) in [6, 6.07) is 10.9. The van der Waals surface area contributed by atoms with Gasteiger partial charge in [0.1, 0.15) is 11.7 Å². The molecule has 0 unspecified atom stereocenters. The molecule has 0 spiro atoms. The molecule has 3 rings (SSSR count). The van der Waals surface area contributed by atoms with Gasteiger partial charge in [-0.2, -0.15) is 4.98 Å². The number of benzene rings is 1. The molecular formula is C14H14N4O2. The van der Waals surface area contributed by atoms with Gasteiger partial charge in [-0.15, -0.1) is 0 Å². The van der Waals surface area contributed by atoms with Crippen molar-refractivity contribution in [2.45, 2.75) is 19.1 Å². The van der Waals surface area contributed by atoms with Gasteiger partial charge in [-0.25, -0.2) is 4.98 Å². The van der Waals surface area contributed by atoms with Crippen molar-refractivity contribution in [2.24, 2.45) is 5.73 Å². The van der Waals surface area contributed by atoms with Crippen molar-refractivity contribution in [3.8, 4) is 11.5 Å². The number of rotatable bonds is 3. The van der Waals surface area contributed by atoms with Gasteiger partial charge in [-0.05, 0) is 19.1 Å². The SMILES string of the molecule is C[C@@H](O)[C@H](N)c1nc(-c2ccc3ccccc3n2)no1. The molecule has 2 heterocycles.